The molecule has 45 heteroatoms. The fraction of sp³-hybridized carbons (Fsp3) is 0.662. The number of aliphatic imine (C=N–C) groups is 2. The Kier molecular flexibility index (Phi) is 60.3. The van der Waals surface area contributed by atoms with Crippen LogP contribution in [0.25, 0.3) is 10.9 Å². The highest BCUT2D eigenvalue weighted by molar-refractivity contribution is 5.97. The Hall–Kier alpha value is -10.1. The first-order valence-corrected chi connectivity index (χ1v) is 42.4. The molecule has 11 amide bonds. The van der Waals surface area contributed by atoms with Gasteiger partial charge in [0.2, 0.25) is 65.0 Å². The van der Waals surface area contributed by atoms with Gasteiger partial charge in [-0.05, 0) is 67.3 Å². The number of aromatic nitrogens is 1. The number of para-hydroxylation sites is 1. The molecule has 125 heavy (non-hydrogen) atoms. The monoisotopic (exact) mass is 1770 g/mol. The van der Waals surface area contributed by atoms with E-state index in [-0.39, 0.29) is 197 Å². The number of guanidine groups is 2. The van der Waals surface area contributed by atoms with Gasteiger partial charge in [0.05, 0.1) is 138 Å². The highest BCUT2D eigenvalue weighted by Gasteiger charge is 2.32. The molecule has 0 spiro atoms. The number of carbonyl (C=O) groups is 11. The zero-order valence-electron chi connectivity index (χ0n) is 72.8. The fourth-order valence-electron chi connectivity index (χ4n) is 12.0. The first kappa shape index (κ1) is 109. The molecule has 45 nitrogen and oxygen atoms in total. The van der Waals surface area contributed by atoms with E-state index in [1.807, 2.05) is 47.9 Å². The maximum Gasteiger partial charge on any atom is 0.243 e. The Morgan fingerprint density at radius 3 is 1.26 bits per heavy atom. The summed E-state index contributed by atoms with van der Waals surface area (Å²) in [7, 11) is 0. The molecular weight excluding hydrogens is 1630 g/mol. The third-order valence-corrected chi connectivity index (χ3v) is 18.1. The molecule has 3 rings (SSSR count). The topological polar surface area (TPSA) is 667 Å². The number of benzene rings is 2. The zero-order valence-corrected chi connectivity index (χ0v) is 72.8. The minimum Gasteiger partial charge on any atom is -0.508 e. The highest BCUT2D eigenvalue weighted by Crippen LogP contribution is 2.20. The normalized spacial score (nSPS) is 12.5. The summed E-state index contributed by atoms with van der Waals surface area (Å²) in [5.41, 5.74) is 40.7. The number of amides is 11. The molecule has 1 aromatic heterocycles. The van der Waals surface area contributed by atoms with Crippen LogP contribution < -0.4 is 109 Å². The van der Waals surface area contributed by atoms with Crippen LogP contribution in [0.15, 0.2) is 64.7 Å². The van der Waals surface area contributed by atoms with Crippen molar-refractivity contribution in [2.45, 2.75) is 95.9 Å². The molecule has 3 aromatic rings. The van der Waals surface area contributed by atoms with Crippen molar-refractivity contribution in [2.24, 2.45) is 56.0 Å². The summed E-state index contributed by atoms with van der Waals surface area (Å²) in [6, 6.07) is 7.05. The number of ether oxygens (including phenoxy) is 8. The summed E-state index contributed by atoms with van der Waals surface area (Å²) in [5.74, 6) is -6.63. The number of rotatable bonds is 76. The molecule has 0 aliphatic carbocycles. The summed E-state index contributed by atoms with van der Waals surface area (Å²) in [4.78, 5) is 164. The van der Waals surface area contributed by atoms with Crippen molar-refractivity contribution in [3.05, 3.63) is 65.9 Å². The molecular formula is C80H141N25O20. The van der Waals surface area contributed by atoms with Crippen molar-refractivity contribution in [1.29, 1.82) is 0 Å². The number of nitrogens with one attached hydrogen (secondary N) is 14. The molecule has 2 aromatic carbocycles. The van der Waals surface area contributed by atoms with Gasteiger partial charge in [0.1, 0.15) is 36.0 Å². The molecule has 706 valence electrons. The number of phenols is 1. The average molecular weight is 1770 g/mol. The highest BCUT2D eigenvalue weighted by atomic mass is 16.5. The second kappa shape index (κ2) is 69.1. The van der Waals surface area contributed by atoms with E-state index in [0.29, 0.717) is 143 Å². The van der Waals surface area contributed by atoms with Crippen molar-refractivity contribution < 1.29 is 95.7 Å². The number of nitrogens with zero attached hydrogens (tertiary/aromatic N) is 4. The minimum atomic E-state index is -1.37. The molecule has 0 saturated heterocycles. The summed E-state index contributed by atoms with van der Waals surface area (Å²) in [6.07, 6.45) is 2.06. The third kappa shape index (κ3) is 55.1. The van der Waals surface area contributed by atoms with E-state index < -0.39 is 78.1 Å². The van der Waals surface area contributed by atoms with Gasteiger partial charge in [-0.1, -0.05) is 44.2 Å². The van der Waals surface area contributed by atoms with E-state index in [4.69, 9.17) is 78.0 Å². The van der Waals surface area contributed by atoms with Crippen LogP contribution in [-0.2, 0) is 103 Å². The van der Waals surface area contributed by atoms with Gasteiger partial charge in [0, 0.05) is 142 Å². The van der Waals surface area contributed by atoms with Crippen LogP contribution in [0.2, 0.25) is 0 Å². The molecule has 1 heterocycles. The summed E-state index contributed by atoms with van der Waals surface area (Å²) in [6.45, 7) is 13.4. The second-order valence-corrected chi connectivity index (χ2v) is 29.1. The summed E-state index contributed by atoms with van der Waals surface area (Å²) < 4.78 is 43.9. The maximum absolute atomic E-state index is 14.5. The summed E-state index contributed by atoms with van der Waals surface area (Å²) in [5, 5.41) is 47.3. The molecule has 0 unspecified atom stereocenters. The largest absolute Gasteiger partial charge is 0.508 e. The van der Waals surface area contributed by atoms with Gasteiger partial charge in [-0.2, -0.15) is 0 Å². The standard InChI is InChI=1S/C80H141N25O20/c1-57(2)48-66(102-76(115)65(11-7-20-96-80(86)87)100-71(110)54-98-74(113)64(10-6-19-95-79(84)85)101-77(116)67(49-59-12-14-61(107)15-13-59)103-78(117)68(99-58(3)106)50-60-51-97-63-9-5-4-8-62(60)63)75(114)94-27-39-125-47-46-122-36-24-91-70(109)53-89-22-29-105(56-73(112)93-26-38-124-45-42-120-34-18-83)31-30-104(55-72(111)92-25-37-123-44-41-119-33-17-82)28-21-88-52-69(108)90-23-35-121-43-40-118-32-16-81/h4-5,8-9,12-15,51,57,64-68,88-89,97,107H,6-7,10-11,16-50,52-56,81-83H2,1-3H3,(H,90,108)(H,91,109)(H,92,111)(H,93,112)(H,94,114)(H,98,113)(H,99,106)(H,100,110)(H,101,116)(H,102,115)(H,103,117)(H4,84,85,95)(H4,86,87,96)/t64-,65-,66-,67-,68-/m0/s1. The number of hydrogen-bond acceptors (Lipinski definition) is 29. The summed E-state index contributed by atoms with van der Waals surface area (Å²) >= 11 is 0. The van der Waals surface area contributed by atoms with Crippen LogP contribution in [0, 0.1) is 5.92 Å². The fourth-order valence-corrected chi connectivity index (χ4v) is 12.0. The molecule has 0 aliphatic heterocycles. The lowest BCUT2D eigenvalue weighted by molar-refractivity contribution is -0.134. The van der Waals surface area contributed by atoms with Gasteiger partial charge >= 0.3 is 0 Å². The maximum atomic E-state index is 14.5. The molecule has 0 fully saturated rings. The van der Waals surface area contributed by atoms with E-state index in [2.05, 4.69) is 84.1 Å². The molecule has 0 bridgehead atoms. The van der Waals surface area contributed by atoms with Gasteiger partial charge in [0.15, 0.2) is 11.9 Å². The van der Waals surface area contributed by atoms with Crippen molar-refractivity contribution in [1.82, 2.24) is 83.9 Å². The van der Waals surface area contributed by atoms with Crippen molar-refractivity contribution in [3.8, 4) is 5.75 Å². The number of aromatic amines is 1. The van der Waals surface area contributed by atoms with Gasteiger partial charge in [0.25, 0.3) is 0 Å². The van der Waals surface area contributed by atoms with E-state index in [1.165, 1.54) is 19.1 Å². The van der Waals surface area contributed by atoms with Gasteiger partial charge in [-0.25, -0.2) is 0 Å². The van der Waals surface area contributed by atoms with Crippen LogP contribution >= 0.6 is 0 Å². The van der Waals surface area contributed by atoms with E-state index in [1.54, 1.807) is 18.3 Å². The lowest BCUT2D eigenvalue weighted by Gasteiger charge is -2.27. The number of aromatic hydroxyl groups is 1. The number of phenolic OH excluding ortho intramolecular Hbond substituents is 1. The van der Waals surface area contributed by atoms with Gasteiger partial charge in [-0.3, -0.25) is 72.5 Å². The predicted octanol–water partition coefficient (Wildman–Crippen LogP) is -8.25. The Bertz CT molecular complexity index is 3620. The van der Waals surface area contributed by atoms with Gasteiger partial charge in [-0.15, -0.1) is 0 Å². The quantitative estimate of drug-likeness (QED) is 0.0142. The zero-order chi connectivity index (χ0) is 91.5. The van der Waals surface area contributed by atoms with Crippen LogP contribution in [0.1, 0.15) is 64.0 Å². The van der Waals surface area contributed by atoms with Crippen LogP contribution in [0.3, 0.4) is 0 Å². The van der Waals surface area contributed by atoms with Crippen LogP contribution in [-0.4, -0.2) is 370 Å². The Morgan fingerprint density at radius 1 is 0.416 bits per heavy atom. The Morgan fingerprint density at radius 2 is 0.816 bits per heavy atom. The first-order valence-electron chi connectivity index (χ1n) is 42.4. The smallest absolute Gasteiger partial charge is 0.243 e. The number of fused-ring (bicyclic) bond motifs is 1. The number of hydrogen-bond donors (Lipinski definition) is 22. The van der Waals surface area contributed by atoms with E-state index in [9.17, 15) is 57.8 Å². The Balaban J connectivity index is 1.57. The lowest BCUT2D eigenvalue weighted by atomic mass is 10.0. The average Bonchev–Trinajstić information content (AvgIpc) is 1.70. The lowest BCUT2D eigenvalue weighted by Crippen LogP contribution is -2.58. The molecule has 0 saturated carbocycles. The van der Waals surface area contributed by atoms with Crippen molar-refractivity contribution in [3.63, 3.8) is 0 Å². The molecule has 0 aliphatic rings. The predicted molar refractivity (Wildman–Crippen MR) is 469 cm³/mol. The van der Waals surface area contributed by atoms with Crippen LogP contribution in [0.5, 0.6) is 5.75 Å². The number of carbonyl (C=O) groups excluding carboxylic acids is 11. The van der Waals surface area contributed by atoms with Crippen molar-refractivity contribution >= 4 is 87.8 Å². The number of H-pyrrole nitrogens is 1. The minimum absolute atomic E-state index is 0.00750. The third-order valence-electron chi connectivity index (χ3n) is 18.1. The van der Waals surface area contributed by atoms with E-state index >= 15 is 0 Å². The Labute approximate surface area is 731 Å². The molecule has 0 radical (unpaired) electrons. The number of nitrogens with two attached hydrogens (primary N) is 7. The van der Waals surface area contributed by atoms with Gasteiger partial charge < -0.3 is 157 Å². The van der Waals surface area contributed by atoms with E-state index in [0.717, 1.165) is 10.9 Å². The first-order chi connectivity index (χ1) is 60.3. The molecule has 29 N–H and O–H groups in total. The molecule has 5 atom stereocenters. The second-order valence-electron chi connectivity index (χ2n) is 29.1. The van der Waals surface area contributed by atoms with Crippen LogP contribution in [0.4, 0.5) is 0 Å². The SMILES string of the molecule is CC(=O)N[C@@H](Cc1c[nH]c2ccccc12)C(=O)N[C@@H](Cc1ccc(O)cc1)C(=O)N[C@@H](CCCN=C(N)N)C(=O)NCC(=O)N[C@@H](CCCN=C(N)N)C(=O)N[C@@H](CC(C)C)C(=O)NCCOCCOCCNC(=O)CNCCN(CCN(CCNCC(=O)NCCOCCOCCN)CC(=O)NCCOCCOCCN)CC(=O)NCCOCCOCCN. The van der Waals surface area contributed by atoms with Crippen molar-refractivity contribution in [2.75, 3.05) is 243 Å².